The molecule has 3 rings (SSSR count). The molecule has 0 saturated heterocycles. The quantitative estimate of drug-likeness (QED) is 0.862. The van der Waals surface area contributed by atoms with Crippen LogP contribution in [-0.4, -0.2) is 6.54 Å². The Balaban J connectivity index is 1.81. The third-order valence-corrected chi connectivity index (χ3v) is 6.35. The number of nitrogens with one attached hydrogen (secondary N) is 1. The summed E-state index contributed by atoms with van der Waals surface area (Å²) in [6.45, 7) is 5.49. The smallest absolute Gasteiger partial charge is 0.0455 e. The predicted molar refractivity (Wildman–Crippen MR) is 77.5 cm³/mol. The molecule has 3 heteroatoms. The van der Waals surface area contributed by atoms with Gasteiger partial charge in [0.05, 0.1) is 0 Å². The van der Waals surface area contributed by atoms with Gasteiger partial charge in [-0.2, -0.15) is 0 Å². The van der Waals surface area contributed by atoms with Gasteiger partial charge < -0.3 is 5.32 Å². The van der Waals surface area contributed by atoms with E-state index in [0.717, 1.165) is 24.3 Å². The Morgan fingerprint density at radius 2 is 2.12 bits per heavy atom. The fourth-order valence-corrected chi connectivity index (χ4v) is 5.51. The summed E-state index contributed by atoms with van der Waals surface area (Å²) < 4.78 is 1.31. The van der Waals surface area contributed by atoms with Crippen molar-refractivity contribution in [1.82, 2.24) is 5.32 Å². The molecule has 3 unspecified atom stereocenters. The predicted octanol–water partition coefficient (Wildman–Crippen LogP) is 4.52. The van der Waals surface area contributed by atoms with Crippen molar-refractivity contribution in [2.75, 3.05) is 6.54 Å². The number of aryl methyl sites for hydroxylation is 1. The van der Waals surface area contributed by atoms with Crippen molar-refractivity contribution >= 4 is 27.3 Å². The minimum absolute atomic E-state index is 0.584. The zero-order chi connectivity index (χ0) is 12.0. The second-order valence-electron chi connectivity index (χ2n) is 5.59. The molecule has 1 aromatic rings. The van der Waals surface area contributed by atoms with Crippen LogP contribution in [0.1, 0.15) is 42.0 Å². The first-order chi connectivity index (χ1) is 8.19. The molecule has 0 bridgehead atoms. The normalized spacial score (nSPS) is 32.5. The first-order valence-electron chi connectivity index (χ1n) is 6.68. The molecular formula is C14H20BrNS. The molecule has 2 fully saturated rings. The molecule has 1 heterocycles. The van der Waals surface area contributed by atoms with E-state index in [-0.39, 0.29) is 0 Å². The van der Waals surface area contributed by atoms with Gasteiger partial charge in [-0.1, -0.05) is 6.92 Å². The Bertz CT molecular complexity index is 404. The van der Waals surface area contributed by atoms with E-state index >= 15 is 0 Å². The Morgan fingerprint density at radius 3 is 2.65 bits per heavy atom. The lowest BCUT2D eigenvalue weighted by Gasteiger charge is -2.25. The maximum atomic E-state index is 3.73. The molecule has 2 aliphatic rings. The van der Waals surface area contributed by atoms with Gasteiger partial charge in [0.25, 0.3) is 0 Å². The number of hydrogen-bond acceptors (Lipinski definition) is 2. The van der Waals surface area contributed by atoms with Gasteiger partial charge in [-0.05, 0) is 72.5 Å². The second kappa shape index (κ2) is 4.67. The third kappa shape index (κ3) is 2.34. The molecule has 2 aliphatic carbocycles. The van der Waals surface area contributed by atoms with Gasteiger partial charge in [0, 0.05) is 20.3 Å². The minimum atomic E-state index is 0.584. The Labute approximate surface area is 116 Å². The van der Waals surface area contributed by atoms with Crippen molar-refractivity contribution in [2.45, 2.75) is 39.2 Å². The molecule has 1 aromatic heterocycles. The summed E-state index contributed by atoms with van der Waals surface area (Å²) in [6, 6.07) is 2.85. The summed E-state index contributed by atoms with van der Waals surface area (Å²) in [6.07, 6.45) is 4.41. The first kappa shape index (κ1) is 12.2. The molecule has 2 saturated carbocycles. The molecule has 94 valence electrons. The van der Waals surface area contributed by atoms with E-state index in [1.54, 1.807) is 0 Å². The molecule has 0 aliphatic heterocycles. The van der Waals surface area contributed by atoms with Crippen LogP contribution in [0.15, 0.2) is 10.5 Å². The van der Waals surface area contributed by atoms with Crippen molar-refractivity contribution in [2.24, 2.45) is 17.8 Å². The van der Waals surface area contributed by atoms with Gasteiger partial charge in [-0.25, -0.2) is 0 Å². The Hall–Kier alpha value is 0.140. The lowest BCUT2D eigenvalue weighted by molar-refractivity contribution is 0.350. The molecule has 17 heavy (non-hydrogen) atoms. The molecule has 0 radical (unpaired) electrons. The molecule has 1 nitrogen and oxygen atoms in total. The lowest BCUT2D eigenvalue weighted by Crippen LogP contribution is -2.27. The summed E-state index contributed by atoms with van der Waals surface area (Å²) in [4.78, 5) is 2.94. The zero-order valence-corrected chi connectivity index (χ0v) is 12.9. The molecule has 3 atom stereocenters. The molecule has 0 amide bonds. The van der Waals surface area contributed by atoms with Gasteiger partial charge in [-0.3, -0.25) is 0 Å². The summed E-state index contributed by atoms with van der Waals surface area (Å²) in [5.74, 6) is 3.01. The van der Waals surface area contributed by atoms with E-state index in [9.17, 15) is 0 Å². The molecule has 0 spiro atoms. The van der Waals surface area contributed by atoms with E-state index in [4.69, 9.17) is 0 Å². The highest BCUT2D eigenvalue weighted by molar-refractivity contribution is 9.10. The maximum absolute atomic E-state index is 3.73. The second-order valence-corrected chi connectivity index (χ2v) is 7.73. The number of fused-ring (bicyclic) bond motifs is 1. The van der Waals surface area contributed by atoms with Crippen molar-refractivity contribution in [3.8, 4) is 0 Å². The number of thiophene rings is 1. The number of hydrogen-bond donors (Lipinski definition) is 1. The van der Waals surface area contributed by atoms with Crippen LogP contribution >= 0.6 is 27.3 Å². The van der Waals surface area contributed by atoms with Gasteiger partial charge in [0.2, 0.25) is 0 Å². The van der Waals surface area contributed by atoms with Crippen molar-refractivity contribution in [3.63, 3.8) is 0 Å². The van der Waals surface area contributed by atoms with Crippen LogP contribution in [0.25, 0.3) is 0 Å². The number of halogens is 1. The SMILES string of the molecule is CCNC(c1sc(C)cc1Br)C1CC2CC2C1. The lowest BCUT2D eigenvalue weighted by atomic mass is 9.93. The van der Waals surface area contributed by atoms with E-state index in [1.807, 2.05) is 11.3 Å². The van der Waals surface area contributed by atoms with Gasteiger partial charge in [0.1, 0.15) is 0 Å². The highest BCUT2D eigenvalue weighted by atomic mass is 79.9. The highest BCUT2D eigenvalue weighted by Gasteiger charge is 2.48. The monoisotopic (exact) mass is 313 g/mol. The largest absolute Gasteiger partial charge is 0.309 e. The van der Waals surface area contributed by atoms with Crippen LogP contribution in [0.4, 0.5) is 0 Å². The van der Waals surface area contributed by atoms with Crippen molar-refractivity contribution in [1.29, 1.82) is 0 Å². The van der Waals surface area contributed by atoms with Gasteiger partial charge in [0.15, 0.2) is 0 Å². The molecule has 0 aromatic carbocycles. The zero-order valence-electron chi connectivity index (χ0n) is 10.5. The van der Waals surface area contributed by atoms with Crippen LogP contribution in [0.5, 0.6) is 0 Å². The van der Waals surface area contributed by atoms with E-state index in [2.05, 4.69) is 41.2 Å². The first-order valence-corrected chi connectivity index (χ1v) is 8.29. The van der Waals surface area contributed by atoms with Crippen molar-refractivity contribution in [3.05, 3.63) is 20.3 Å². The fraction of sp³-hybridized carbons (Fsp3) is 0.714. The van der Waals surface area contributed by atoms with Crippen LogP contribution in [0.2, 0.25) is 0 Å². The summed E-state index contributed by atoms with van der Waals surface area (Å²) in [7, 11) is 0. The van der Waals surface area contributed by atoms with Gasteiger partial charge >= 0.3 is 0 Å². The summed E-state index contributed by atoms with van der Waals surface area (Å²) in [5.41, 5.74) is 0. The molecular weight excluding hydrogens is 294 g/mol. The maximum Gasteiger partial charge on any atom is 0.0455 e. The van der Waals surface area contributed by atoms with E-state index < -0.39 is 0 Å². The molecule has 1 N–H and O–H groups in total. The summed E-state index contributed by atoms with van der Waals surface area (Å²) >= 11 is 5.69. The average Bonchev–Trinajstić information content (AvgIpc) is 2.75. The van der Waals surface area contributed by atoms with Crippen molar-refractivity contribution < 1.29 is 0 Å². The highest BCUT2D eigenvalue weighted by Crippen LogP contribution is 2.57. The fourth-order valence-electron chi connectivity index (χ4n) is 3.44. The van der Waals surface area contributed by atoms with Crippen LogP contribution in [0.3, 0.4) is 0 Å². The summed E-state index contributed by atoms with van der Waals surface area (Å²) in [5, 5.41) is 3.72. The Morgan fingerprint density at radius 1 is 1.41 bits per heavy atom. The average molecular weight is 314 g/mol. The van der Waals surface area contributed by atoms with Crippen LogP contribution in [0, 0.1) is 24.7 Å². The van der Waals surface area contributed by atoms with Crippen LogP contribution < -0.4 is 5.32 Å². The topological polar surface area (TPSA) is 12.0 Å². The third-order valence-electron chi connectivity index (χ3n) is 4.29. The standard InChI is InChI=1S/C14H20BrNS/c1-3-16-13(11-6-9-5-10(9)7-11)14-12(15)4-8(2)17-14/h4,9-11,13,16H,3,5-7H2,1-2H3. The minimum Gasteiger partial charge on any atom is -0.309 e. The number of rotatable bonds is 4. The van der Waals surface area contributed by atoms with Gasteiger partial charge in [-0.15, -0.1) is 11.3 Å². The van der Waals surface area contributed by atoms with Crippen LogP contribution in [-0.2, 0) is 0 Å². The Kier molecular flexibility index (Phi) is 3.35. The van der Waals surface area contributed by atoms with E-state index in [0.29, 0.717) is 6.04 Å². The van der Waals surface area contributed by atoms with E-state index in [1.165, 1.54) is 33.5 Å².